The molecule has 0 aliphatic carbocycles. The zero-order valence-corrected chi connectivity index (χ0v) is 12.2. The van der Waals surface area contributed by atoms with Gasteiger partial charge in [-0.3, -0.25) is 4.72 Å². The molecule has 0 fully saturated rings. The molecule has 112 valence electrons. The molecule has 8 nitrogen and oxygen atoms in total. The summed E-state index contributed by atoms with van der Waals surface area (Å²) in [4.78, 5) is 7.21. The third-order valence-corrected chi connectivity index (χ3v) is 3.90. The second-order valence-electron chi connectivity index (χ2n) is 3.98. The van der Waals surface area contributed by atoms with Crippen LogP contribution in [0.4, 0.5) is 11.6 Å². The van der Waals surface area contributed by atoms with Gasteiger partial charge in [-0.05, 0) is 0 Å². The summed E-state index contributed by atoms with van der Waals surface area (Å²) in [5.41, 5.74) is 5.62. The van der Waals surface area contributed by atoms with Gasteiger partial charge in [0.25, 0.3) is 10.0 Å². The minimum absolute atomic E-state index is 0.00278. The predicted molar refractivity (Wildman–Crippen MR) is 76.8 cm³/mol. The Morgan fingerprint density at radius 3 is 2.05 bits per heavy atom. The lowest BCUT2D eigenvalue weighted by molar-refractivity contribution is 0.395. The first-order valence-corrected chi connectivity index (χ1v) is 7.26. The second kappa shape index (κ2) is 5.83. The molecule has 0 saturated carbocycles. The van der Waals surface area contributed by atoms with E-state index in [2.05, 4.69) is 14.7 Å². The maximum atomic E-state index is 12.2. The molecule has 2 rings (SSSR count). The third-order valence-electron chi connectivity index (χ3n) is 2.56. The second-order valence-corrected chi connectivity index (χ2v) is 5.67. The lowest BCUT2D eigenvalue weighted by atomic mass is 10.3. The summed E-state index contributed by atoms with van der Waals surface area (Å²) < 4.78 is 36.9. The molecule has 1 heterocycles. The molecule has 0 aliphatic heterocycles. The Labute approximate surface area is 122 Å². The zero-order valence-electron chi connectivity index (χ0n) is 11.4. The largest absolute Gasteiger partial charge is 0.497 e. The van der Waals surface area contributed by atoms with Gasteiger partial charge in [-0.25, -0.2) is 18.4 Å². The lowest BCUT2D eigenvalue weighted by Crippen LogP contribution is -2.14. The summed E-state index contributed by atoms with van der Waals surface area (Å²) in [6.07, 6.45) is 2.25. The van der Waals surface area contributed by atoms with Crippen LogP contribution in [0.1, 0.15) is 0 Å². The van der Waals surface area contributed by atoms with Crippen molar-refractivity contribution in [3.05, 3.63) is 30.6 Å². The zero-order chi connectivity index (χ0) is 15.5. The summed E-state index contributed by atoms with van der Waals surface area (Å²) in [6.45, 7) is 0. The van der Waals surface area contributed by atoms with Crippen LogP contribution in [-0.2, 0) is 10.0 Å². The molecule has 0 amide bonds. The Hall–Kier alpha value is -2.55. The van der Waals surface area contributed by atoms with Crippen molar-refractivity contribution in [3.63, 3.8) is 0 Å². The van der Waals surface area contributed by atoms with Crippen LogP contribution in [0.5, 0.6) is 11.5 Å². The average molecular weight is 310 g/mol. The molecule has 3 N–H and O–H groups in total. The highest BCUT2D eigenvalue weighted by Gasteiger charge is 2.16. The Morgan fingerprint density at radius 1 is 1.05 bits per heavy atom. The quantitative estimate of drug-likeness (QED) is 0.841. The molecular formula is C12H14N4O4S. The molecular weight excluding hydrogens is 296 g/mol. The van der Waals surface area contributed by atoms with Crippen molar-refractivity contribution >= 4 is 21.7 Å². The van der Waals surface area contributed by atoms with Crippen LogP contribution < -0.4 is 19.9 Å². The topological polar surface area (TPSA) is 116 Å². The van der Waals surface area contributed by atoms with Gasteiger partial charge in [0.1, 0.15) is 16.4 Å². The summed E-state index contributed by atoms with van der Waals surface area (Å²) in [7, 11) is -0.876. The molecule has 1 aromatic heterocycles. The lowest BCUT2D eigenvalue weighted by Gasteiger charge is -2.11. The summed E-state index contributed by atoms with van der Waals surface area (Å²) >= 11 is 0. The van der Waals surface area contributed by atoms with E-state index >= 15 is 0 Å². The van der Waals surface area contributed by atoms with Crippen LogP contribution in [-0.4, -0.2) is 32.6 Å². The molecule has 0 aliphatic rings. The van der Waals surface area contributed by atoms with Crippen LogP contribution in [0.2, 0.25) is 0 Å². The SMILES string of the molecule is COc1cc(NS(=O)(=O)c2cnc(N)nc2)cc(OC)c1. The minimum atomic E-state index is -3.82. The predicted octanol–water partition coefficient (Wildman–Crippen LogP) is 0.877. The minimum Gasteiger partial charge on any atom is -0.497 e. The Kier molecular flexibility index (Phi) is 4.13. The Balaban J connectivity index is 2.34. The fourth-order valence-corrected chi connectivity index (χ4v) is 2.47. The first-order valence-electron chi connectivity index (χ1n) is 5.78. The highest BCUT2D eigenvalue weighted by Crippen LogP contribution is 2.27. The van der Waals surface area contributed by atoms with E-state index in [0.717, 1.165) is 12.4 Å². The number of rotatable bonds is 5. The van der Waals surface area contributed by atoms with Crippen molar-refractivity contribution in [1.82, 2.24) is 9.97 Å². The van der Waals surface area contributed by atoms with E-state index in [1.165, 1.54) is 26.4 Å². The highest BCUT2D eigenvalue weighted by molar-refractivity contribution is 7.92. The number of hydrogen-bond donors (Lipinski definition) is 2. The molecule has 0 bridgehead atoms. The first-order chi connectivity index (χ1) is 9.94. The van der Waals surface area contributed by atoms with Crippen molar-refractivity contribution in [1.29, 1.82) is 0 Å². The van der Waals surface area contributed by atoms with Crippen molar-refractivity contribution in [2.45, 2.75) is 4.90 Å². The monoisotopic (exact) mass is 310 g/mol. The van der Waals surface area contributed by atoms with Gasteiger partial charge < -0.3 is 15.2 Å². The molecule has 9 heteroatoms. The van der Waals surface area contributed by atoms with Crippen molar-refractivity contribution in [2.75, 3.05) is 24.7 Å². The van der Waals surface area contributed by atoms with E-state index in [9.17, 15) is 8.42 Å². The van der Waals surface area contributed by atoms with Gasteiger partial charge in [-0.2, -0.15) is 0 Å². The maximum Gasteiger partial charge on any atom is 0.264 e. The summed E-state index contributed by atoms with van der Waals surface area (Å²) in [6, 6.07) is 4.68. The number of sulfonamides is 1. The summed E-state index contributed by atoms with van der Waals surface area (Å²) in [5, 5.41) is 0. The fraction of sp³-hybridized carbons (Fsp3) is 0.167. The van der Waals surface area contributed by atoms with E-state index in [4.69, 9.17) is 15.2 Å². The third kappa shape index (κ3) is 3.51. The van der Waals surface area contributed by atoms with E-state index in [1.807, 2.05) is 0 Å². The van der Waals surface area contributed by atoms with Gasteiger partial charge in [-0.15, -0.1) is 0 Å². The van der Waals surface area contributed by atoms with Gasteiger partial charge in [0, 0.05) is 18.2 Å². The van der Waals surface area contributed by atoms with Crippen molar-refractivity contribution in [2.24, 2.45) is 0 Å². The van der Waals surface area contributed by atoms with Gasteiger partial charge in [0.15, 0.2) is 0 Å². The molecule has 1 aromatic carbocycles. The maximum absolute atomic E-state index is 12.2. The fourth-order valence-electron chi connectivity index (χ4n) is 1.55. The number of nitrogens with two attached hydrogens (primary N) is 1. The number of nitrogens with one attached hydrogen (secondary N) is 1. The molecule has 0 radical (unpaired) electrons. The van der Waals surface area contributed by atoms with Gasteiger partial charge in [0.05, 0.1) is 32.3 Å². The number of ether oxygens (including phenoxy) is 2. The van der Waals surface area contributed by atoms with E-state index in [-0.39, 0.29) is 10.8 Å². The molecule has 21 heavy (non-hydrogen) atoms. The van der Waals surface area contributed by atoms with Gasteiger partial charge >= 0.3 is 0 Å². The Morgan fingerprint density at radius 2 is 1.57 bits per heavy atom. The normalized spacial score (nSPS) is 11.0. The smallest absolute Gasteiger partial charge is 0.264 e. The van der Waals surface area contributed by atoms with Gasteiger partial charge in [0.2, 0.25) is 5.95 Å². The standard InChI is InChI=1S/C12H14N4O4S/c1-19-9-3-8(4-10(5-9)20-2)16-21(17,18)11-6-14-12(13)15-7-11/h3-7,16H,1-2H3,(H2,13,14,15). The first kappa shape index (κ1) is 14.9. The molecule has 0 spiro atoms. The number of nitrogens with zero attached hydrogens (tertiary/aromatic N) is 2. The van der Waals surface area contributed by atoms with Crippen LogP contribution in [0.15, 0.2) is 35.5 Å². The van der Waals surface area contributed by atoms with E-state index < -0.39 is 10.0 Å². The van der Waals surface area contributed by atoms with Gasteiger partial charge in [-0.1, -0.05) is 0 Å². The van der Waals surface area contributed by atoms with Crippen molar-refractivity contribution < 1.29 is 17.9 Å². The summed E-state index contributed by atoms with van der Waals surface area (Å²) in [5.74, 6) is 0.915. The highest BCUT2D eigenvalue weighted by atomic mass is 32.2. The molecule has 2 aromatic rings. The number of hydrogen-bond acceptors (Lipinski definition) is 7. The number of benzene rings is 1. The number of aromatic nitrogens is 2. The van der Waals surface area contributed by atoms with E-state index in [0.29, 0.717) is 17.2 Å². The molecule has 0 atom stereocenters. The molecule has 0 saturated heterocycles. The number of nitrogen functional groups attached to an aromatic ring is 1. The van der Waals surface area contributed by atoms with Crippen molar-refractivity contribution in [3.8, 4) is 11.5 Å². The van der Waals surface area contributed by atoms with E-state index in [1.54, 1.807) is 6.07 Å². The van der Waals surface area contributed by atoms with Crippen LogP contribution in [0.3, 0.4) is 0 Å². The van der Waals surface area contributed by atoms with Crippen LogP contribution in [0, 0.1) is 0 Å². The van der Waals surface area contributed by atoms with Crippen LogP contribution in [0.25, 0.3) is 0 Å². The Bertz CT molecular complexity index is 709. The average Bonchev–Trinajstić information content (AvgIpc) is 2.46. The molecule has 0 unspecified atom stereocenters. The number of anilines is 2. The van der Waals surface area contributed by atoms with Crippen LogP contribution >= 0.6 is 0 Å². The number of methoxy groups -OCH3 is 2.